The van der Waals surface area contributed by atoms with E-state index >= 15 is 0 Å². The molecule has 2 rings (SSSR count). The third-order valence-electron chi connectivity index (χ3n) is 4.09. The number of carbonyl (C=O) groups is 2. The topological polar surface area (TPSA) is 67.4 Å². The molecule has 0 saturated heterocycles. The zero-order valence-corrected chi connectivity index (χ0v) is 15.1. The number of urea groups is 1. The molecule has 0 radical (unpaired) electrons. The maximum atomic E-state index is 12.1. The summed E-state index contributed by atoms with van der Waals surface area (Å²) in [6, 6.07) is 14.6. The Hall–Kier alpha value is -2.82. The van der Waals surface area contributed by atoms with Crippen LogP contribution in [0, 0.1) is 6.92 Å². The number of carbonyl (C=O) groups excluding carboxylic acids is 2. The summed E-state index contributed by atoms with van der Waals surface area (Å²) in [6.07, 6.45) is 0. The number of anilines is 1. The number of methoxy groups -OCH3 is 1. The molecule has 2 aromatic rings. The second-order valence-corrected chi connectivity index (χ2v) is 6.63. The molecule has 0 saturated carbocycles. The van der Waals surface area contributed by atoms with E-state index in [9.17, 15) is 9.59 Å². The number of amides is 2. The van der Waals surface area contributed by atoms with Crippen molar-refractivity contribution in [2.24, 2.45) is 0 Å². The van der Waals surface area contributed by atoms with Gasteiger partial charge in [0, 0.05) is 17.6 Å². The summed E-state index contributed by atoms with van der Waals surface area (Å²) >= 11 is 0. The van der Waals surface area contributed by atoms with E-state index < -0.39 is 5.97 Å². The first-order valence-electron chi connectivity index (χ1n) is 8.12. The van der Waals surface area contributed by atoms with Crippen LogP contribution in [0.25, 0.3) is 0 Å². The zero-order valence-electron chi connectivity index (χ0n) is 15.1. The highest BCUT2D eigenvalue weighted by atomic mass is 16.5. The Morgan fingerprint density at radius 2 is 1.60 bits per heavy atom. The number of rotatable bonds is 5. The number of nitrogens with one attached hydrogen (secondary N) is 2. The molecule has 25 heavy (non-hydrogen) atoms. The normalized spacial score (nSPS) is 10.9. The van der Waals surface area contributed by atoms with Crippen molar-refractivity contribution < 1.29 is 14.3 Å². The summed E-state index contributed by atoms with van der Waals surface area (Å²) in [5.41, 5.74) is 3.24. The van der Waals surface area contributed by atoms with Crippen LogP contribution in [0.1, 0.15) is 35.3 Å². The summed E-state index contributed by atoms with van der Waals surface area (Å²) in [6.45, 7) is 6.72. The van der Waals surface area contributed by atoms with Crippen LogP contribution in [0.3, 0.4) is 0 Å². The Morgan fingerprint density at radius 3 is 2.16 bits per heavy atom. The lowest BCUT2D eigenvalue weighted by atomic mass is 9.84. The second kappa shape index (κ2) is 7.83. The highest BCUT2D eigenvalue weighted by Gasteiger charge is 2.21. The van der Waals surface area contributed by atoms with Gasteiger partial charge in [0.1, 0.15) is 0 Å². The van der Waals surface area contributed by atoms with E-state index in [1.165, 1.54) is 18.2 Å². The second-order valence-electron chi connectivity index (χ2n) is 6.63. The van der Waals surface area contributed by atoms with Gasteiger partial charge in [-0.2, -0.15) is 0 Å². The SMILES string of the molecule is COC(=O)c1ccc(NC(=O)NCC(C)(C)c2ccc(C)cc2)cc1. The smallest absolute Gasteiger partial charge is 0.337 e. The number of hydrogen-bond donors (Lipinski definition) is 2. The van der Waals surface area contributed by atoms with Crippen molar-refractivity contribution in [3.8, 4) is 0 Å². The minimum atomic E-state index is -0.407. The van der Waals surface area contributed by atoms with Crippen molar-refractivity contribution in [2.45, 2.75) is 26.2 Å². The van der Waals surface area contributed by atoms with Gasteiger partial charge in [0.05, 0.1) is 12.7 Å². The number of benzene rings is 2. The van der Waals surface area contributed by atoms with Crippen LogP contribution < -0.4 is 10.6 Å². The lowest BCUT2D eigenvalue weighted by molar-refractivity contribution is 0.0600. The van der Waals surface area contributed by atoms with Gasteiger partial charge in [-0.05, 0) is 36.8 Å². The minimum absolute atomic E-state index is 0.181. The average molecular weight is 340 g/mol. The molecule has 0 unspecified atom stereocenters. The summed E-state index contributed by atoms with van der Waals surface area (Å²) in [5.74, 6) is -0.407. The highest BCUT2D eigenvalue weighted by molar-refractivity contribution is 5.92. The molecule has 2 N–H and O–H groups in total. The number of ether oxygens (including phenoxy) is 1. The molecule has 0 spiro atoms. The Balaban J connectivity index is 1.91. The van der Waals surface area contributed by atoms with Gasteiger partial charge in [-0.1, -0.05) is 43.7 Å². The first-order valence-corrected chi connectivity index (χ1v) is 8.12. The van der Waals surface area contributed by atoms with E-state index in [-0.39, 0.29) is 11.4 Å². The Labute approximate surface area is 148 Å². The summed E-state index contributed by atoms with van der Waals surface area (Å²) < 4.78 is 4.64. The van der Waals surface area contributed by atoms with Crippen molar-refractivity contribution in [2.75, 3.05) is 19.0 Å². The summed E-state index contributed by atoms with van der Waals surface area (Å²) in [7, 11) is 1.33. The van der Waals surface area contributed by atoms with E-state index in [1.54, 1.807) is 24.3 Å². The molecule has 5 nitrogen and oxygen atoms in total. The minimum Gasteiger partial charge on any atom is -0.465 e. The molecule has 132 valence electrons. The fourth-order valence-corrected chi connectivity index (χ4v) is 2.39. The maximum absolute atomic E-state index is 12.1. The van der Waals surface area contributed by atoms with Gasteiger partial charge in [-0.15, -0.1) is 0 Å². The van der Waals surface area contributed by atoms with Gasteiger partial charge >= 0.3 is 12.0 Å². The van der Waals surface area contributed by atoms with Crippen molar-refractivity contribution in [3.63, 3.8) is 0 Å². The first kappa shape index (κ1) is 18.5. The van der Waals surface area contributed by atoms with Gasteiger partial charge in [0.2, 0.25) is 0 Å². The van der Waals surface area contributed by atoms with E-state index in [4.69, 9.17) is 0 Å². The van der Waals surface area contributed by atoms with E-state index in [0.29, 0.717) is 17.8 Å². The van der Waals surface area contributed by atoms with E-state index in [1.807, 2.05) is 6.92 Å². The van der Waals surface area contributed by atoms with Gasteiger partial charge in [0.25, 0.3) is 0 Å². The number of hydrogen-bond acceptors (Lipinski definition) is 3. The van der Waals surface area contributed by atoms with Crippen LogP contribution in [0.5, 0.6) is 0 Å². The van der Waals surface area contributed by atoms with E-state index in [0.717, 1.165) is 0 Å². The fraction of sp³-hybridized carbons (Fsp3) is 0.300. The zero-order chi connectivity index (χ0) is 18.4. The third-order valence-corrected chi connectivity index (χ3v) is 4.09. The van der Waals surface area contributed by atoms with Crippen LogP contribution in [0.15, 0.2) is 48.5 Å². The van der Waals surface area contributed by atoms with Gasteiger partial charge in [-0.25, -0.2) is 9.59 Å². The Kier molecular flexibility index (Phi) is 5.80. The lowest BCUT2D eigenvalue weighted by Gasteiger charge is -2.26. The van der Waals surface area contributed by atoms with Crippen LogP contribution in [0.4, 0.5) is 10.5 Å². The molecular formula is C20H24N2O3. The summed E-state index contributed by atoms with van der Waals surface area (Å²) in [5, 5.41) is 5.65. The largest absolute Gasteiger partial charge is 0.465 e. The molecule has 2 aromatic carbocycles. The van der Waals surface area contributed by atoms with Gasteiger partial charge < -0.3 is 15.4 Å². The van der Waals surface area contributed by atoms with Gasteiger partial charge in [0.15, 0.2) is 0 Å². The molecule has 0 aliphatic carbocycles. The predicted molar refractivity (Wildman–Crippen MR) is 99.0 cm³/mol. The van der Waals surface area contributed by atoms with Crippen LogP contribution in [0.2, 0.25) is 0 Å². The molecule has 0 aliphatic rings. The standard InChI is InChI=1S/C20H24N2O3/c1-14-5-9-16(10-6-14)20(2,3)13-21-19(24)22-17-11-7-15(8-12-17)18(23)25-4/h5-12H,13H2,1-4H3,(H2,21,22,24). The fourth-order valence-electron chi connectivity index (χ4n) is 2.39. The molecule has 5 heteroatoms. The Morgan fingerprint density at radius 1 is 1.00 bits per heavy atom. The van der Waals surface area contributed by atoms with Crippen molar-refractivity contribution in [1.29, 1.82) is 0 Å². The van der Waals surface area contributed by atoms with Crippen molar-refractivity contribution in [1.82, 2.24) is 5.32 Å². The molecular weight excluding hydrogens is 316 g/mol. The monoisotopic (exact) mass is 340 g/mol. The number of esters is 1. The molecule has 0 fully saturated rings. The molecule has 0 aliphatic heterocycles. The molecule has 0 atom stereocenters. The van der Waals surface area contributed by atoms with Crippen LogP contribution >= 0.6 is 0 Å². The first-order chi connectivity index (χ1) is 11.8. The van der Waals surface area contributed by atoms with Crippen LogP contribution in [-0.4, -0.2) is 25.7 Å². The molecule has 0 bridgehead atoms. The van der Waals surface area contributed by atoms with Crippen LogP contribution in [-0.2, 0) is 10.2 Å². The highest BCUT2D eigenvalue weighted by Crippen LogP contribution is 2.22. The molecule has 0 heterocycles. The van der Waals surface area contributed by atoms with Crippen molar-refractivity contribution in [3.05, 3.63) is 65.2 Å². The quantitative estimate of drug-likeness (QED) is 0.812. The maximum Gasteiger partial charge on any atom is 0.337 e. The number of aryl methyl sites for hydroxylation is 1. The lowest BCUT2D eigenvalue weighted by Crippen LogP contribution is -2.38. The Bertz CT molecular complexity index is 735. The third kappa shape index (κ3) is 5.08. The average Bonchev–Trinajstić information content (AvgIpc) is 2.60. The molecule has 2 amide bonds. The van der Waals surface area contributed by atoms with Gasteiger partial charge in [-0.3, -0.25) is 0 Å². The predicted octanol–water partition coefficient (Wildman–Crippen LogP) is 3.88. The molecule has 0 aromatic heterocycles. The summed E-state index contributed by atoms with van der Waals surface area (Å²) in [4.78, 5) is 23.5. The van der Waals surface area contributed by atoms with E-state index in [2.05, 4.69) is 53.5 Å². The van der Waals surface area contributed by atoms with Crippen molar-refractivity contribution >= 4 is 17.7 Å².